The number of ether oxygens (including phenoxy) is 1. The van der Waals surface area contributed by atoms with Gasteiger partial charge in [0.25, 0.3) is 0 Å². The molecule has 27 heavy (non-hydrogen) atoms. The highest BCUT2D eigenvalue weighted by Gasteiger charge is 2.29. The lowest BCUT2D eigenvalue weighted by Gasteiger charge is -2.35. The van der Waals surface area contributed by atoms with E-state index in [4.69, 9.17) is 10.5 Å². The van der Waals surface area contributed by atoms with E-state index < -0.39 is 17.7 Å². The van der Waals surface area contributed by atoms with Crippen LogP contribution in [0.3, 0.4) is 0 Å². The van der Waals surface area contributed by atoms with Crippen molar-refractivity contribution in [3.05, 3.63) is 35.4 Å². The molecular weight excluding hydrogens is 344 g/mol. The standard InChI is InChI=1S/C20H32N4O3/c1-20(2,3)27-19(26)22-17(13-15-5-7-16(14-21)8-6-15)18(25)24-11-9-23(4)10-12-24/h5-8,17H,9-14,21H2,1-4H3,(H,22,26)/t17-/m1/s1. The van der Waals surface area contributed by atoms with Crippen LogP contribution in [0.4, 0.5) is 4.79 Å². The van der Waals surface area contributed by atoms with Crippen LogP contribution < -0.4 is 11.1 Å². The van der Waals surface area contributed by atoms with Gasteiger partial charge in [0, 0.05) is 39.1 Å². The Morgan fingerprint density at radius 2 is 1.67 bits per heavy atom. The van der Waals surface area contributed by atoms with Gasteiger partial charge in [0.15, 0.2) is 0 Å². The third-order valence-corrected chi connectivity index (χ3v) is 4.50. The van der Waals surface area contributed by atoms with Crippen LogP contribution in [-0.2, 0) is 22.5 Å². The maximum atomic E-state index is 13.1. The molecule has 0 unspecified atom stereocenters. The molecule has 7 nitrogen and oxygen atoms in total. The fourth-order valence-electron chi connectivity index (χ4n) is 2.94. The number of likely N-dealkylation sites (N-methyl/N-ethyl adjacent to an activating group) is 1. The summed E-state index contributed by atoms with van der Waals surface area (Å²) in [6, 6.07) is 7.12. The second kappa shape index (κ2) is 9.19. The van der Waals surface area contributed by atoms with Crippen molar-refractivity contribution in [1.29, 1.82) is 0 Å². The summed E-state index contributed by atoms with van der Waals surface area (Å²) >= 11 is 0. The Bertz CT molecular complexity index is 632. The number of hydrogen-bond donors (Lipinski definition) is 2. The van der Waals surface area contributed by atoms with E-state index in [9.17, 15) is 9.59 Å². The van der Waals surface area contributed by atoms with Gasteiger partial charge in [-0.05, 0) is 38.9 Å². The Morgan fingerprint density at radius 3 is 2.19 bits per heavy atom. The highest BCUT2D eigenvalue weighted by molar-refractivity contribution is 5.86. The van der Waals surface area contributed by atoms with Crippen LogP contribution in [0.1, 0.15) is 31.9 Å². The van der Waals surface area contributed by atoms with E-state index in [1.165, 1.54) is 0 Å². The first-order chi connectivity index (χ1) is 12.7. The van der Waals surface area contributed by atoms with Crippen LogP contribution in [0.15, 0.2) is 24.3 Å². The molecule has 1 saturated heterocycles. The first kappa shape index (κ1) is 21.2. The number of hydrogen-bond acceptors (Lipinski definition) is 5. The van der Waals surface area contributed by atoms with Crippen molar-refractivity contribution in [3.8, 4) is 0 Å². The second-order valence-corrected chi connectivity index (χ2v) is 8.05. The summed E-state index contributed by atoms with van der Waals surface area (Å²) < 4.78 is 5.35. The van der Waals surface area contributed by atoms with Crippen molar-refractivity contribution in [2.75, 3.05) is 33.2 Å². The van der Waals surface area contributed by atoms with Gasteiger partial charge in [-0.25, -0.2) is 4.79 Å². The fraction of sp³-hybridized carbons (Fsp3) is 0.600. The second-order valence-electron chi connectivity index (χ2n) is 8.05. The molecular formula is C20H32N4O3. The average molecular weight is 377 g/mol. The first-order valence-corrected chi connectivity index (χ1v) is 9.42. The number of nitrogens with two attached hydrogens (primary N) is 1. The van der Waals surface area contributed by atoms with Gasteiger partial charge in [0.2, 0.25) is 5.91 Å². The summed E-state index contributed by atoms with van der Waals surface area (Å²) in [4.78, 5) is 29.3. The van der Waals surface area contributed by atoms with E-state index in [-0.39, 0.29) is 5.91 Å². The molecule has 0 saturated carbocycles. The van der Waals surface area contributed by atoms with Crippen molar-refractivity contribution in [3.63, 3.8) is 0 Å². The first-order valence-electron chi connectivity index (χ1n) is 9.42. The normalized spacial score (nSPS) is 16.7. The van der Waals surface area contributed by atoms with Crippen LogP contribution in [-0.4, -0.2) is 66.7 Å². The van der Waals surface area contributed by atoms with Gasteiger partial charge in [-0.15, -0.1) is 0 Å². The Labute approximate surface area is 161 Å². The Morgan fingerprint density at radius 1 is 1.11 bits per heavy atom. The number of rotatable bonds is 5. The predicted octanol–water partition coefficient (Wildman–Crippen LogP) is 1.36. The molecule has 7 heteroatoms. The van der Waals surface area contributed by atoms with Gasteiger partial charge in [0.05, 0.1) is 0 Å². The summed E-state index contributed by atoms with van der Waals surface area (Å²) in [6.07, 6.45) is -0.163. The molecule has 1 heterocycles. The monoisotopic (exact) mass is 376 g/mol. The zero-order chi connectivity index (χ0) is 20.0. The largest absolute Gasteiger partial charge is 0.444 e. The molecule has 0 aliphatic carbocycles. The SMILES string of the molecule is CN1CCN(C(=O)[C@@H](Cc2ccc(CN)cc2)NC(=O)OC(C)(C)C)CC1. The minimum Gasteiger partial charge on any atom is -0.444 e. The van der Waals surface area contributed by atoms with Crippen molar-refractivity contribution in [2.45, 2.75) is 45.4 Å². The molecule has 1 fully saturated rings. The van der Waals surface area contributed by atoms with Gasteiger partial charge < -0.3 is 25.6 Å². The van der Waals surface area contributed by atoms with Gasteiger partial charge >= 0.3 is 6.09 Å². The summed E-state index contributed by atoms with van der Waals surface area (Å²) in [5.41, 5.74) is 7.02. The van der Waals surface area contributed by atoms with Crippen LogP contribution in [0.5, 0.6) is 0 Å². The number of benzene rings is 1. The number of carbonyl (C=O) groups excluding carboxylic acids is 2. The zero-order valence-electron chi connectivity index (χ0n) is 16.8. The van der Waals surface area contributed by atoms with E-state index >= 15 is 0 Å². The van der Waals surface area contributed by atoms with Crippen LogP contribution in [0, 0.1) is 0 Å². The Balaban J connectivity index is 2.11. The van der Waals surface area contributed by atoms with Crippen molar-refractivity contribution in [1.82, 2.24) is 15.1 Å². The number of carbonyl (C=O) groups is 2. The lowest BCUT2D eigenvalue weighted by Crippen LogP contribution is -2.55. The number of nitrogens with one attached hydrogen (secondary N) is 1. The van der Waals surface area contributed by atoms with Crippen LogP contribution in [0.2, 0.25) is 0 Å². The summed E-state index contributed by atoms with van der Waals surface area (Å²) in [5.74, 6) is -0.0724. The number of piperazine rings is 1. The average Bonchev–Trinajstić information content (AvgIpc) is 2.60. The molecule has 1 aliphatic rings. The molecule has 3 N–H and O–H groups in total. The van der Waals surface area contributed by atoms with Crippen molar-refractivity contribution < 1.29 is 14.3 Å². The van der Waals surface area contributed by atoms with Gasteiger partial charge in [-0.3, -0.25) is 4.79 Å². The van der Waals surface area contributed by atoms with E-state index in [1.807, 2.05) is 36.2 Å². The van der Waals surface area contributed by atoms with Gasteiger partial charge in [-0.2, -0.15) is 0 Å². The van der Waals surface area contributed by atoms with E-state index in [2.05, 4.69) is 10.2 Å². The lowest BCUT2D eigenvalue weighted by atomic mass is 10.0. The van der Waals surface area contributed by atoms with Crippen molar-refractivity contribution in [2.24, 2.45) is 5.73 Å². The van der Waals surface area contributed by atoms with Gasteiger partial charge in [-0.1, -0.05) is 24.3 Å². The summed E-state index contributed by atoms with van der Waals surface area (Å²) in [5, 5.41) is 2.77. The lowest BCUT2D eigenvalue weighted by molar-refractivity contribution is -0.135. The van der Waals surface area contributed by atoms with Crippen LogP contribution in [0.25, 0.3) is 0 Å². The molecule has 1 aromatic carbocycles. The Kier molecular flexibility index (Phi) is 7.21. The molecule has 1 aromatic rings. The quantitative estimate of drug-likeness (QED) is 0.810. The molecule has 2 rings (SSSR count). The molecule has 0 bridgehead atoms. The zero-order valence-corrected chi connectivity index (χ0v) is 16.8. The Hall–Kier alpha value is -2.12. The molecule has 0 radical (unpaired) electrons. The minimum absolute atomic E-state index is 0.0724. The van der Waals surface area contributed by atoms with Crippen molar-refractivity contribution >= 4 is 12.0 Å². The number of amides is 2. The van der Waals surface area contributed by atoms with E-state index in [1.54, 1.807) is 20.8 Å². The van der Waals surface area contributed by atoms with E-state index in [0.717, 1.165) is 24.2 Å². The highest BCUT2D eigenvalue weighted by Crippen LogP contribution is 2.12. The summed E-state index contributed by atoms with van der Waals surface area (Å²) in [6.45, 7) is 8.86. The van der Waals surface area contributed by atoms with E-state index in [0.29, 0.717) is 26.1 Å². The smallest absolute Gasteiger partial charge is 0.408 e. The maximum absolute atomic E-state index is 13.1. The molecule has 0 aromatic heterocycles. The third-order valence-electron chi connectivity index (χ3n) is 4.50. The highest BCUT2D eigenvalue weighted by atomic mass is 16.6. The number of nitrogens with zero attached hydrogens (tertiary/aromatic N) is 2. The minimum atomic E-state index is -0.660. The number of alkyl carbamates (subject to hydrolysis) is 1. The molecule has 1 aliphatic heterocycles. The molecule has 1 atom stereocenters. The fourth-order valence-corrected chi connectivity index (χ4v) is 2.94. The summed E-state index contributed by atoms with van der Waals surface area (Å²) in [7, 11) is 2.04. The molecule has 0 spiro atoms. The topological polar surface area (TPSA) is 87.9 Å². The maximum Gasteiger partial charge on any atom is 0.408 e. The third kappa shape index (κ3) is 6.84. The van der Waals surface area contributed by atoms with Gasteiger partial charge in [0.1, 0.15) is 11.6 Å². The molecule has 2 amide bonds. The predicted molar refractivity (Wildman–Crippen MR) is 105 cm³/mol. The molecule has 150 valence electrons. The van der Waals surface area contributed by atoms with Crippen LogP contribution >= 0.6 is 0 Å².